The van der Waals surface area contributed by atoms with Crippen LogP contribution in [0.3, 0.4) is 0 Å². The molecule has 0 unspecified atom stereocenters. The second kappa shape index (κ2) is 6.79. The number of carboxylic acid groups (broad SMARTS) is 1. The Kier molecular flexibility index (Phi) is 5.36. The molecule has 0 aromatic heterocycles. The average Bonchev–Trinajstić information content (AvgIpc) is 2.35. The zero-order chi connectivity index (χ0) is 13.5. The number of unbranched alkanes of at least 4 members (excludes halogenated alkanes) is 1. The summed E-state index contributed by atoms with van der Waals surface area (Å²) in [7, 11) is 0. The number of carboxylic acids is 1. The highest BCUT2D eigenvalue weighted by Gasteiger charge is 2.20. The fourth-order valence-corrected chi connectivity index (χ4v) is 1.81. The van der Waals surface area contributed by atoms with E-state index < -0.39 is 11.9 Å². The van der Waals surface area contributed by atoms with Crippen molar-refractivity contribution in [3.8, 4) is 0 Å². The van der Waals surface area contributed by atoms with Crippen molar-refractivity contribution in [1.29, 1.82) is 0 Å². The van der Waals surface area contributed by atoms with Crippen LogP contribution in [0.1, 0.15) is 53.0 Å². The van der Waals surface area contributed by atoms with Gasteiger partial charge in [-0.25, -0.2) is 9.59 Å². The van der Waals surface area contributed by atoms with E-state index in [-0.39, 0.29) is 17.7 Å². The second-order valence-corrected chi connectivity index (χ2v) is 3.97. The predicted molar refractivity (Wildman–Crippen MR) is 68.0 cm³/mol. The van der Waals surface area contributed by atoms with Crippen molar-refractivity contribution < 1.29 is 19.4 Å². The summed E-state index contributed by atoms with van der Waals surface area (Å²) in [5.41, 5.74) is 0.900. The first-order valence-corrected chi connectivity index (χ1v) is 6.14. The molecule has 18 heavy (non-hydrogen) atoms. The molecular weight excluding hydrogens is 232 g/mol. The number of rotatable bonds is 6. The average molecular weight is 250 g/mol. The normalized spacial score (nSPS) is 10.1. The molecule has 0 fully saturated rings. The maximum atomic E-state index is 11.7. The van der Waals surface area contributed by atoms with Crippen LogP contribution in [0.15, 0.2) is 18.2 Å². The van der Waals surface area contributed by atoms with Gasteiger partial charge >= 0.3 is 11.9 Å². The minimum Gasteiger partial charge on any atom is -0.478 e. The first-order valence-electron chi connectivity index (χ1n) is 6.14. The van der Waals surface area contributed by atoms with Gasteiger partial charge in [-0.3, -0.25) is 0 Å². The fourth-order valence-electron chi connectivity index (χ4n) is 1.81. The van der Waals surface area contributed by atoms with Crippen LogP contribution in [0.25, 0.3) is 0 Å². The number of aromatic carboxylic acids is 1. The molecule has 0 aliphatic rings. The van der Waals surface area contributed by atoms with Crippen molar-refractivity contribution in [2.75, 3.05) is 6.61 Å². The highest BCUT2D eigenvalue weighted by atomic mass is 16.5. The van der Waals surface area contributed by atoms with E-state index in [9.17, 15) is 14.7 Å². The third-order valence-electron chi connectivity index (χ3n) is 2.66. The molecule has 0 atom stereocenters. The van der Waals surface area contributed by atoms with E-state index in [4.69, 9.17) is 4.74 Å². The van der Waals surface area contributed by atoms with E-state index in [2.05, 4.69) is 0 Å². The largest absolute Gasteiger partial charge is 0.478 e. The van der Waals surface area contributed by atoms with Crippen LogP contribution in [0.4, 0.5) is 0 Å². The van der Waals surface area contributed by atoms with Gasteiger partial charge in [-0.05, 0) is 31.4 Å². The molecule has 4 heteroatoms. The Balaban J connectivity index is 3.17. The molecule has 0 aliphatic heterocycles. The summed E-state index contributed by atoms with van der Waals surface area (Å²) >= 11 is 0. The lowest BCUT2D eigenvalue weighted by atomic mass is 9.97. The first kappa shape index (κ1) is 14.2. The van der Waals surface area contributed by atoms with Crippen LogP contribution >= 0.6 is 0 Å². The van der Waals surface area contributed by atoms with Crippen LogP contribution in [0, 0.1) is 0 Å². The van der Waals surface area contributed by atoms with Gasteiger partial charge < -0.3 is 9.84 Å². The third kappa shape index (κ3) is 3.32. The van der Waals surface area contributed by atoms with E-state index >= 15 is 0 Å². The molecule has 4 nitrogen and oxygen atoms in total. The van der Waals surface area contributed by atoms with Crippen LogP contribution in [0.2, 0.25) is 0 Å². The monoisotopic (exact) mass is 250 g/mol. The summed E-state index contributed by atoms with van der Waals surface area (Å²) < 4.78 is 4.88. The quantitative estimate of drug-likeness (QED) is 0.788. The Morgan fingerprint density at radius 1 is 1.28 bits per heavy atom. The maximum Gasteiger partial charge on any atom is 0.339 e. The lowest BCUT2D eigenvalue weighted by Gasteiger charge is -2.10. The Bertz CT molecular complexity index is 437. The molecule has 1 N–H and O–H groups in total. The fraction of sp³-hybridized carbons (Fsp3) is 0.429. The summed E-state index contributed by atoms with van der Waals surface area (Å²) in [5.74, 6) is -1.65. The van der Waals surface area contributed by atoms with Crippen molar-refractivity contribution in [1.82, 2.24) is 0 Å². The number of hydrogen-bond acceptors (Lipinski definition) is 3. The maximum absolute atomic E-state index is 11.7. The van der Waals surface area contributed by atoms with Crippen molar-refractivity contribution in [2.45, 2.75) is 33.1 Å². The topological polar surface area (TPSA) is 63.6 Å². The summed E-state index contributed by atoms with van der Waals surface area (Å²) in [5, 5.41) is 9.26. The summed E-state index contributed by atoms with van der Waals surface area (Å²) in [4.78, 5) is 23.0. The Hall–Kier alpha value is -1.84. The molecule has 0 saturated heterocycles. The Morgan fingerprint density at radius 3 is 2.56 bits per heavy atom. The summed E-state index contributed by atoms with van der Waals surface area (Å²) in [6.45, 7) is 3.96. The van der Waals surface area contributed by atoms with Gasteiger partial charge in [-0.2, -0.15) is 0 Å². The zero-order valence-corrected chi connectivity index (χ0v) is 10.7. The van der Waals surface area contributed by atoms with Gasteiger partial charge in [0, 0.05) is 0 Å². The van der Waals surface area contributed by atoms with E-state index in [0.29, 0.717) is 12.0 Å². The lowest BCUT2D eigenvalue weighted by molar-refractivity contribution is 0.0514. The van der Waals surface area contributed by atoms with Gasteiger partial charge in [0.2, 0.25) is 0 Å². The van der Waals surface area contributed by atoms with Gasteiger partial charge in [0.15, 0.2) is 0 Å². The van der Waals surface area contributed by atoms with Crippen LogP contribution < -0.4 is 0 Å². The Morgan fingerprint density at radius 2 is 2.00 bits per heavy atom. The number of benzene rings is 1. The highest BCUT2D eigenvalue weighted by Crippen LogP contribution is 2.18. The van der Waals surface area contributed by atoms with E-state index in [0.717, 1.165) is 12.8 Å². The zero-order valence-electron chi connectivity index (χ0n) is 10.7. The molecule has 1 rings (SSSR count). The molecule has 98 valence electrons. The van der Waals surface area contributed by atoms with Crippen molar-refractivity contribution in [3.05, 3.63) is 34.9 Å². The molecule has 0 heterocycles. The molecule has 0 radical (unpaired) electrons. The molecule has 0 amide bonds. The SMILES string of the molecule is CCCCc1cccc(C(=O)OCC)c1C(=O)O. The van der Waals surface area contributed by atoms with E-state index in [1.807, 2.05) is 6.92 Å². The van der Waals surface area contributed by atoms with Crippen molar-refractivity contribution >= 4 is 11.9 Å². The van der Waals surface area contributed by atoms with Crippen LogP contribution in [-0.4, -0.2) is 23.7 Å². The highest BCUT2D eigenvalue weighted by molar-refractivity contribution is 6.03. The molecule has 1 aromatic rings. The number of aryl methyl sites for hydroxylation is 1. The first-order chi connectivity index (χ1) is 8.61. The lowest BCUT2D eigenvalue weighted by Crippen LogP contribution is -2.14. The number of ether oxygens (including phenoxy) is 1. The third-order valence-corrected chi connectivity index (χ3v) is 2.66. The van der Waals surface area contributed by atoms with Gasteiger partial charge in [0.05, 0.1) is 17.7 Å². The number of hydrogen-bond donors (Lipinski definition) is 1. The minimum absolute atomic E-state index is 0.0735. The predicted octanol–water partition coefficient (Wildman–Crippen LogP) is 2.90. The minimum atomic E-state index is -1.08. The van der Waals surface area contributed by atoms with Gasteiger partial charge in [0.1, 0.15) is 0 Å². The molecule has 0 saturated carbocycles. The van der Waals surface area contributed by atoms with Crippen molar-refractivity contribution in [2.24, 2.45) is 0 Å². The smallest absolute Gasteiger partial charge is 0.339 e. The molecule has 0 bridgehead atoms. The van der Waals surface area contributed by atoms with Crippen LogP contribution in [-0.2, 0) is 11.2 Å². The number of carbonyl (C=O) groups is 2. The molecular formula is C14H18O4. The summed E-state index contributed by atoms with van der Waals surface area (Å²) in [6.07, 6.45) is 2.53. The molecule has 0 aliphatic carbocycles. The Labute approximate surface area is 107 Å². The van der Waals surface area contributed by atoms with Gasteiger partial charge in [-0.1, -0.05) is 25.5 Å². The van der Waals surface area contributed by atoms with Crippen LogP contribution in [0.5, 0.6) is 0 Å². The number of carbonyl (C=O) groups excluding carboxylic acids is 1. The van der Waals surface area contributed by atoms with Gasteiger partial charge in [0.25, 0.3) is 0 Å². The molecule has 0 spiro atoms. The van der Waals surface area contributed by atoms with E-state index in [1.165, 1.54) is 6.07 Å². The second-order valence-electron chi connectivity index (χ2n) is 3.97. The number of esters is 1. The molecule has 1 aromatic carbocycles. The van der Waals surface area contributed by atoms with Crippen molar-refractivity contribution in [3.63, 3.8) is 0 Å². The van der Waals surface area contributed by atoms with Gasteiger partial charge in [-0.15, -0.1) is 0 Å². The standard InChI is InChI=1S/C14H18O4/c1-3-5-7-10-8-6-9-11(12(10)13(15)16)14(17)18-4-2/h6,8-9H,3-5,7H2,1-2H3,(H,15,16). The van der Waals surface area contributed by atoms with E-state index in [1.54, 1.807) is 19.1 Å². The summed E-state index contributed by atoms with van der Waals surface area (Å²) in [6, 6.07) is 4.95.